The zero-order chi connectivity index (χ0) is 17.2. The van der Waals surface area contributed by atoms with Gasteiger partial charge >= 0.3 is 6.18 Å². The second-order valence-corrected chi connectivity index (χ2v) is 6.57. The van der Waals surface area contributed by atoms with Crippen molar-refractivity contribution in [1.82, 2.24) is 15.1 Å². The number of alkyl halides is 3. The van der Waals surface area contributed by atoms with E-state index in [1.54, 1.807) is 6.08 Å². The van der Waals surface area contributed by atoms with Crippen LogP contribution in [0.3, 0.4) is 0 Å². The van der Waals surface area contributed by atoms with Crippen LogP contribution in [0.1, 0.15) is 35.0 Å². The third kappa shape index (κ3) is 4.25. The van der Waals surface area contributed by atoms with Crippen molar-refractivity contribution in [3.8, 4) is 0 Å². The Morgan fingerprint density at radius 3 is 2.88 bits per heavy atom. The molecule has 128 valence electrons. The minimum Gasteiger partial charge on any atom is -0.351 e. The molecule has 0 bridgehead atoms. The lowest BCUT2D eigenvalue weighted by molar-refractivity contribution is -0.141. The fourth-order valence-electron chi connectivity index (χ4n) is 2.34. The van der Waals surface area contributed by atoms with Crippen LogP contribution < -0.4 is 5.32 Å². The third-order valence-corrected chi connectivity index (χ3v) is 4.50. The predicted octanol–water partition coefficient (Wildman–Crippen LogP) is 3.67. The van der Waals surface area contributed by atoms with Crippen LogP contribution in [0.25, 0.3) is 6.08 Å². The Morgan fingerprint density at radius 1 is 1.46 bits per heavy atom. The topological polar surface area (TPSA) is 46.9 Å². The average molecular weight is 355 g/mol. The van der Waals surface area contributed by atoms with Crippen molar-refractivity contribution < 1.29 is 18.0 Å². The van der Waals surface area contributed by atoms with Crippen molar-refractivity contribution in [2.75, 3.05) is 6.54 Å². The summed E-state index contributed by atoms with van der Waals surface area (Å²) >= 11 is 1.52. The standard InChI is InChI=1S/C16H16F3N3OS/c17-16(18,19)14-10-13(11-3-4-11)22(21-14)8-7-20-15(23)6-5-12-2-1-9-24-12/h1-2,5-6,9-11H,3-4,7-8H2,(H,20,23)/b6-5+. The van der Waals surface area contributed by atoms with Crippen molar-refractivity contribution in [2.45, 2.75) is 31.5 Å². The Kier molecular flexibility index (Phi) is 4.75. The molecule has 2 aromatic rings. The molecule has 0 spiro atoms. The minimum atomic E-state index is -4.44. The summed E-state index contributed by atoms with van der Waals surface area (Å²) < 4.78 is 39.8. The lowest BCUT2D eigenvalue weighted by Gasteiger charge is -2.07. The van der Waals surface area contributed by atoms with Crippen LogP contribution in [0.4, 0.5) is 13.2 Å². The van der Waals surface area contributed by atoms with Gasteiger partial charge in [-0.25, -0.2) is 0 Å². The highest BCUT2D eigenvalue weighted by atomic mass is 32.1. The molecule has 0 unspecified atom stereocenters. The summed E-state index contributed by atoms with van der Waals surface area (Å²) in [5.41, 5.74) is -0.265. The van der Waals surface area contributed by atoms with E-state index in [9.17, 15) is 18.0 Å². The van der Waals surface area contributed by atoms with Gasteiger partial charge in [0.15, 0.2) is 5.69 Å². The molecule has 1 aliphatic rings. The van der Waals surface area contributed by atoms with Crippen LogP contribution in [0, 0.1) is 0 Å². The summed E-state index contributed by atoms with van der Waals surface area (Å²) in [6.45, 7) is 0.451. The first-order valence-corrected chi connectivity index (χ1v) is 8.46. The van der Waals surface area contributed by atoms with Crippen molar-refractivity contribution in [3.05, 3.63) is 45.9 Å². The van der Waals surface area contributed by atoms with Crippen molar-refractivity contribution in [1.29, 1.82) is 0 Å². The van der Waals surface area contributed by atoms with Gasteiger partial charge in [0, 0.05) is 29.1 Å². The van der Waals surface area contributed by atoms with E-state index in [1.807, 2.05) is 17.5 Å². The number of rotatable bonds is 6. The first kappa shape index (κ1) is 16.8. The summed E-state index contributed by atoms with van der Waals surface area (Å²) in [6, 6.07) is 4.90. The molecule has 1 aliphatic carbocycles. The number of thiophene rings is 1. The quantitative estimate of drug-likeness (QED) is 0.804. The van der Waals surface area contributed by atoms with E-state index in [2.05, 4.69) is 10.4 Å². The average Bonchev–Trinajstić information content (AvgIpc) is 3.06. The molecule has 0 saturated heterocycles. The first-order valence-electron chi connectivity index (χ1n) is 7.58. The van der Waals surface area contributed by atoms with Gasteiger partial charge in [-0.05, 0) is 36.4 Å². The summed E-state index contributed by atoms with van der Waals surface area (Å²) in [5.74, 6) is -0.123. The lowest BCUT2D eigenvalue weighted by Crippen LogP contribution is -2.26. The van der Waals surface area contributed by atoms with E-state index in [-0.39, 0.29) is 24.9 Å². The summed E-state index contributed by atoms with van der Waals surface area (Å²) in [6.07, 6.45) is 0.447. The van der Waals surface area contributed by atoms with Gasteiger partial charge in [0.25, 0.3) is 0 Å². The monoisotopic (exact) mass is 355 g/mol. The molecule has 24 heavy (non-hydrogen) atoms. The number of aromatic nitrogens is 2. The van der Waals surface area contributed by atoms with Gasteiger partial charge in [0.2, 0.25) is 5.91 Å². The SMILES string of the molecule is O=C(/C=C/c1cccs1)NCCn1nc(C(F)(F)F)cc1C1CC1. The summed E-state index contributed by atoms with van der Waals surface area (Å²) in [7, 11) is 0. The molecule has 8 heteroatoms. The zero-order valence-corrected chi connectivity index (χ0v) is 13.5. The lowest BCUT2D eigenvalue weighted by atomic mass is 10.2. The molecule has 1 saturated carbocycles. The molecular weight excluding hydrogens is 339 g/mol. The van der Waals surface area contributed by atoms with E-state index < -0.39 is 11.9 Å². The Bertz CT molecular complexity index is 730. The number of hydrogen-bond donors (Lipinski definition) is 1. The minimum absolute atomic E-state index is 0.156. The van der Waals surface area contributed by atoms with Crippen LogP contribution in [0.15, 0.2) is 29.7 Å². The fraction of sp³-hybridized carbons (Fsp3) is 0.375. The molecule has 2 heterocycles. The maximum atomic E-state index is 12.8. The van der Waals surface area contributed by atoms with E-state index in [4.69, 9.17) is 0 Å². The molecular formula is C16H16F3N3OS. The van der Waals surface area contributed by atoms with Gasteiger partial charge in [-0.3, -0.25) is 9.48 Å². The highest BCUT2D eigenvalue weighted by molar-refractivity contribution is 7.10. The van der Waals surface area contributed by atoms with Gasteiger partial charge in [-0.15, -0.1) is 11.3 Å². The molecule has 0 atom stereocenters. The van der Waals surface area contributed by atoms with Crippen LogP contribution in [-0.2, 0) is 17.5 Å². The number of hydrogen-bond acceptors (Lipinski definition) is 3. The van der Waals surface area contributed by atoms with Gasteiger partial charge < -0.3 is 5.32 Å². The molecule has 3 rings (SSSR count). The molecule has 1 amide bonds. The highest BCUT2D eigenvalue weighted by Crippen LogP contribution is 2.42. The van der Waals surface area contributed by atoms with E-state index >= 15 is 0 Å². The molecule has 1 N–H and O–H groups in total. The van der Waals surface area contributed by atoms with Crippen LogP contribution in [-0.4, -0.2) is 22.2 Å². The summed E-state index contributed by atoms with van der Waals surface area (Å²) in [5, 5.41) is 8.22. The van der Waals surface area contributed by atoms with Crippen LogP contribution in [0.5, 0.6) is 0 Å². The third-order valence-electron chi connectivity index (χ3n) is 3.66. The molecule has 0 radical (unpaired) electrons. The fourth-order valence-corrected chi connectivity index (χ4v) is 2.96. The molecule has 2 aromatic heterocycles. The first-order chi connectivity index (χ1) is 11.4. The van der Waals surface area contributed by atoms with Gasteiger partial charge in [-0.1, -0.05) is 6.07 Å². The van der Waals surface area contributed by atoms with Crippen molar-refractivity contribution >= 4 is 23.3 Å². The largest absolute Gasteiger partial charge is 0.435 e. The van der Waals surface area contributed by atoms with Gasteiger partial charge in [0.1, 0.15) is 0 Å². The number of carbonyl (C=O) groups is 1. The second-order valence-electron chi connectivity index (χ2n) is 5.59. The van der Waals surface area contributed by atoms with Crippen molar-refractivity contribution in [2.24, 2.45) is 0 Å². The van der Waals surface area contributed by atoms with E-state index in [0.717, 1.165) is 23.8 Å². The number of nitrogens with zero attached hydrogens (tertiary/aromatic N) is 2. The molecule has 0 aromatic carbocycles. The molecule has 1 fully saturated rings. The van der Waals surface area contributed by atoms with Crippen LogP contribution >= 0.6 is 11.3 Å². The van der Waals surface area contributed by atoms with Gasteiger partial charge in [0.05, 0.1) is 6.54 Å². The smallest absolute Gasteiger partial charge is 0.351 e. The Hall–Kier alpha value is -2.09. The zero-order valence-electron chi connectivity index (χ0n) is 12.7. The number of halogens is 3. The second kappa shape index (κ2) is 6.80. The summed E-state index contributed by atoms with van der Waals surface area (Å²) in [4.78, 5) is 12.7. The number of nitrogens with one attached hydrogen (secondary N) is 1. The Labute approximate surface area is 141 Å². The number of carbonyl (C=O) groups excluding carboxylic acids is 1. The maximum absolute atomic E-state index is 12.8. The van der Waals surface area contributed by atoms with Gasteiger partial charge in [-0.2, -0.15) is 18.3 Å². The Morgan fingerprint density at radius 2 is 2.25 bits per heavy atom. The molecule has 0 aliphatic heterocycles. The Balaban J connectivity index is 1.56. The number of amides is 1. The maximum Gasteiger partial charge on any atom is 0.435 e. The molecule has 4 nitrogen and oxygen atoms in total. The van der Waals surface area contributed by atoms with E-state index in [1.165, 1.54) is 22.1 Å². The van der Waals surface area contributed by atoms with E-state index in [0.29, 0.717) is 5.69 Å². The van der Waals surface area contributed by atoms with Crippen molar-refractivity contribution in [3.63, 3.8) is 0 Å². The highest BCUT2D eigenvalue weighted by Gasteiger charge is 2.37. The normalized spacial score (nSPS) is 15.1. The van der Waals surface area contributed by atoms with Crippen LogP contribution in [0.2, 0.25) is 0 Å². The predicted molar refractivity (Wildman–Crippen MR) is 85.6 cm³/mol.